The summed E-state index contributed by atoms with van der Waals surface area (Å²) < 4.78 is 24.1. The highest BCUT2D eigenvalue weighted by molar-refractivity contribution is 5.37. The number of nitrogens with zero attached hydrogens (tertiary/aromatic N) is 4. The lowest BCUT2D eigenvalue weighted by Crippen LogP contribution is -2.06. The van der Waals surface area contributed by atoms with Gasteiger partial charge in [-0.3, -0.25) is 0 Å². The first-order valence-electron chi connectivity index (χ1n) is 6.14. The lowest BCUT2D eigenvalue weighted by Gasteiger charge is -2.07. The molecule has 7 nitrogen and oxygen atoms in total. The van der Waals surface area contributed by atoms with E-state index in [4.69, 9.17) is 20.5 Å². The predicted molar refractivity (Wildman–Crippen MR) is 71.2 cm³/mol. The van der Waals surface area contributed by atoms with Crippen LogP contribution in [0.1, 0.15) is 18.9 Å². The number of nitrogens with two attached hydrogens (primary N) is 1. The average molecular weight is 289 g/mol. The number of ether oxygens (including phenoxy) is 2. The van der Waals surface area contributed by atoms with E-state index >= 15 is 0 Å². The summed E-state index contributed by atoms with van der Waals surface area (Å²) >= 11 is 0. The Morgan fingerprint density at radius 1 is 1.29 bits per heavy atom. The number of halogens is 1. The molecule has 0 fully saturated rings. The van der Waals surface area contributed by atoms with Gasteiger partial charge < -0.3 is 15.2 Å². The minimum absolute atomic E-state index is 0.00778. The van der Waals surface area contributed by atoms with Crippen molar-refractivity contribution >= 4 is 5.95 Å². The van der Waals surface area contributed by atoms with E-state index in [1.165, 1.54) is 12.1 Å². The molecule has 0 saturated heterocycles. The fourth-order valence-electron chi connectivity index (χ4n) is 1.41. The van der Waals surface area contributed by atoms with Gasteiger partial charge in [0.25, 0.3) is 0 Å². The molecule has 0 aliphatic rings. The Kier molecular flexibility index (Phi) is 4.46. The third-order valence-corrected chi connectivity index (χ3v) is 2.31. The van der Waals surface area contributed by atoms with Gasteiger partial charge in [0.2, 0.25) is 5.95 Å². The van der Waals surface area contributed by atoms with Gasteiger partial charge in [-0.15, -0.1) is 4.98 Å². The van der Waals surface area contributed by atoms with Crippen LogP contribution >= 0.6 is 0 Å². The van der Waals surface area contributed by atoms with Gasteiger partial charge in [0.05, 0.1) is 18.2 Å². The van der Waals surface area contributed by atoms with E-state index in [1.54, 1.807) is 0 Å². The molecule has 0 radical (unpaired) electrons. The molecule has 0 unspecified atom stereocenters. The molecule has 8 heteroatoms. The monoisotopic (exact) mass is 289 g/mol. The van der Waals surface area contributed by atoms with Crippen LogP contribution in [-0.4, -0.2) is 21.6 Å². The number of anilines is 1. The maximum absolute atomic E-state index is 13.7. The van der Waals surface area contributed by atoms with Gasteiger partial charge >= 0.3 is 12.0 Å². The average Bonchev–Trinajstić information content (AvgIpc) is 2.46. The molecular formula is C13H12FN5O2. The van der Waals surface area contributed by atoms with Gasteiger partial charge in [0, 0.05) is 0 Å². The summed E-state index contributed by atoms with van der Waals surface area (Å²) in [5.74, 6) is -0.926. The van der Waals surface area contributed by atoms with Crippen LogP contribution in [0.2, 0.25) is 0 Å². The summed E-state index contributed by atoms with van der Waals surface area (Å²) in [5.41, 5.74) is 5.69. The van der Waals surface area contributed by atoms with Crippen LogP contribution < -0.4 is 15.2 Å². The van der Waals surface area contributed by atoms with Crippen LogP contribution in [0, 0.1) is 17.1 Å². The molecule has 1 aromatic heterocycles. The Labute approximate surface area is 120 Å². The molecule has 2 rings (SSSR count). The third kappa shape index (κ3) is 3.76. The van der Waals surface area contributed by atoms with Crippen molar-refractivity contribution in [1.29, 1.82) is 5.26 Å². The van der Waals surface area contributed by atoms with Crippen LogP contribution in [0.5, 0.6) is 17.8 Å². The second-order valence-corrected chi connectivity index (χ2v) is 3.97. The molecule has 0 aliphatic heterocycles. The lowest BCUT2D eigenvalue weighted by molar-refractivity contribution is 0.284. The van der Waals surface area contributed by atoms with Gasteiger partial charge in [-0.25, -0.2) is 4.39 Å². The predicted octanol–water partition coefficient (Wildman–Crippen LogP) is 2.05. The van der Waals surface area contributed by atoms with E-state index in [2.05, 4.69) is 15.0 Å². The summed E-state index contributed by atoms with van der Waals surface area (Å²) in [7, 11) is 0. The second-order valence-electron chi connectivity index (χ2n) is 3.97. The number of nitrogen functional groups attached to an aromatic ring is 1. The molecule has 0 atom stereocenters. The minimum Gasteiger partial charge on any atom is -0.463 e. The SMILES string of the molecule is CCCOc1nc(N)nc(Oc2ccc(C#N)cc2F)n1. The fourth-order valence-corrected chi connectivity index (χ4v) is 1.41. The Bertz CT molecular complexity index is 687. The van der Waals surface area contributed by atoms with Gasteiger partial charge in [0.15, 0.2) is 11.6 Å². The van der Waals surface area contributed by atoms with E-state index in [0.29, 0.717) is 6.61 Å². The number of nitriles is 1. The van der Waals surface area contributed by atoms with Gasteiger partial charge in [-0.1, -0.05) is 6.92 Å². The molecule has 2 N–H and O–H groups in total. The smallest absolute Gasteiger partial charge is 0.330 e. The van der Waals surface area contributed by atoms with Crippen molar-refractivity contribution in [2.75, 3.05) is 12.3 Å². The zero-order valence-electron chi connectivity index (χ0n) is 11.2. The van der Waals surface area contributed by atoms with E-state index in [0.717, 1.165) is 12.5 Å². The van der Waals surface area contributed by atoms with Gasteiger partial charge in [-0.05, 0) is 24.6 Å². The third-order valence-electron chi connectivity index (χ3n) is 2.31. The van der Waals surface area contributed by atoms with Crippen molar-refractivity contribution in [2.45, 2.75) is 13.3 Å². The molecule has 21 heavy (non-hydrogen) atoms. The van der Waals surface area contributed by atoms with Gasteiger partial charge in [0.1, 0.15) is 0 Å². The zero-order chi connectivity index (χ0) is 15.2. The van der Waals surface area contributed by atoms with Crippen LogP contribution in [0.4, 0.5) is 10.3 Å². The highest BCUT2D eigenvalue weighted by Crippen LogP contribution is 2.23. The summed E-state index contributed by atoms with van der Waals surface area (Å²) in [6.07, 6.45) is 0.770. The summed E-state index contributed by atoms with van der Waals surface area (Å²) in [6, 6.07) is 5.42. The molecule has 0 amide bonds. The molecule has 0 saturated carbocycles. The second kappa shape index (κ2) is 6.47. The number of rotatable bonds is 5. The zero-order valence-corrected chi connectivity index (χ0v) is 11.2. The quantitative estimate of drug-likeness (QED) is 0.897. The molecule has 0 aliphatic carbocycles. The normalized spacial score (nSPS) is 9.95. The van der Waals surface area contributed by atoms with Crippen molar-refractivity contribution in [3.63, 3.8) is 0 Å². The summed E-state index contributed by atoms with van der Waals surface area (Å²) in [4.78, 5) is 11.4. The van der Waals surface area contributed by atoms with Crippen molar-refractivity contribution in [2.24, 2.45) is 0 Å². The summed E-state index contributed by atoms with van der Waals surface area (Å²) in [6.45, 7) is 2.34. The van der Waals surface area contributed by atoms with E-state index in [-0.39, 0.29) is 29.3 Å². The number of hydrogen-bond acceptors (Lipinski definition) is 7. The highest BCUT2D eigenvalue weighted by atomic mass is 19.1. The van der Waals surface area contributed by atoms with Crippen LogP contribution in [-0.2, 0) is 0 Å². The van der Waals surface area contributed by atoms with Crippen molar-refractivity contribution < 1.29 is 13.9 Å². The molecule has 1 heterocycles. The number of hydrogen-bond donors (Lipinski definition) is 1. The standard InChI is InChI=1S/C13H12FN5O2/c1-2-5-20-12-17-11(16)18-13(19-12)21-10-4-3-8(7-15)6-9(10)14/h3-4,6H,2,5H2,1H3,(H2,16,17,18,19). The topological polar surface area (TPSA) is 107 Å². The van der Waals surface area contributed by atoms with Gasteiger partial charge in [-0.2, -0.15) is 15.2 Å². The number of aromatic nitrogens is 3. The van der Waals surface area contributed by atoms with Crippen LogP contribution in [0.3, 0.4) is 0 Å². The lowest BCUT2D eigenvalue weighted by atomic mass is 10.2. The summed E-state index contributed by atoms with van der Waals surface area (Å²) in [5, 5.41) is 8.67. The maximum atomic E-state index is 13.7. The van der Waals surface area contributed by atoms with Crippen LogP contribution in [0.25, 0.3) is 0 Å². The molecule has 0 bridgehead atoms. The molecule has 1 aromatic carbocycles. The fraction of sp³-hybridized carbons (Fsp3) is 0.231. The van der Waals surface area contributed by atoms with Crippen LogP contribution in [0.15, 0.2) is 18.2 Å². The molecule has 2 aromatic rings. The first-order chi connectivity index (χ1) is 10.1. The van der Waals surface area contributed by atoms with E-state index in [1.807, 2.05) is 13.0 Å². The Balaban J connectivity index is 2.23. The Hall–Kier alpha value is -2.95. The molecular weight excluding hydrogens is 277 g/mol. The number of benzene rings is 1. The first-order valence-corrected chi connectivity index (χ1v) is 6.14. The van der Waals surface area contributed by atoms with Crippen molar-refractivity contribution in [1.82, 2.24) is 15.0 Å². The highest BCUT2D eigenvalue weighted by Gasteiger charge is 2.11. The Morgan fingerprint density at radius 3 is 2.71 bits per heavy atom. The van der Waals surface area contributed by atoms with E-state index < -0.39 is 5.82 Å². The molecule has 108 valence electrons. The first kappa shape index (κ1) is 14.5. The van der Waals surface area contributed by atoms with Crippen molar-refractivity contribution in [3.8, 4) is 23.8 Å². The van der Waals surface area contributed by atoms with E-state index in [9.17, 15) is 4.39 Å². The van der Waals surface area contributed by atoms with Crippen molar-refractivity contribution in [3.05, 3.63) is 29.6 Å². The molecule has 0 spiro atoms. The maximum Gasteiger partial charge on any atom is 0.330 e. The largest absolute Gasteiger partial charge is 0.463 e. The Morgan fingerprint density at radius 2 is 2.05 bits per heavy atom. The minimum atomic E-state index is -0.705.